The molecule has 2 aliphatic heterocycles. The summed E-state index contributed by atoms with van der Waals surface area (Å²) in [6.07, 6.45) is 13.9. The van der Waals surface area contributed by atoms with Crippen molar-refractivity contribution < 1.29 is 17.9 Å². The number of allylic oxidation sites excluding steroid dienone is 1. The number of fused-ring (bicyclic) bond motifs is 2. The molecule has 1 aromatic carbocycles. The smallest absolute Gasteiger partial charge is 0.270 e. The molecule has 4 heterocycles. The summed E-state index contributed by atoms with van der Waals surface area (Å²) in [4.78, 5) is 25.2. The number of piperidine rings is 2. The topological polar surface area (TPSA) is 111 Å². The second kappa shape index (κ2) is 11.9. The molecule has 2 fully saturated rings. The highest BCUT2D eigenvalue weighted by molar-refractivity contribution is 7.88. The summed E-state index contributed by atoms with van der Waals surface area (Å²) in [6, 6.07) is 7.30. The first kappa shape index (κ1) is 29.0. The summed E-state index contributed by atoms with van der Waals surface area (Å²) in [6.45, 7) is 5.62. The minimum atomic E-state index is -3.38. The van der Waals surface area contributed by atoms with E-state index in [4.69, 9.17) is 4.74 Å². The summed E-state index contributed by atoms with van der Waals surface area (Å²) in [5, 5.41) is 0.910. The number of likely N-dealkylation sites (tertiary alicyclic amines) is 2. The van der Waals surface area contributed by atoms with Crippen LogP contribution in [0.4, 0.5) is 0 Å². The van der Waals surface area contributed by atoms with E-state index in [0.717, 1.165) is 68.4 Å². The number of hydrogen-bond acceptors (Lipinski definition) is 5. The van der Waals surface area contributed by atoms with Crippen LogP contribution in [0, 0.1) is 5.92 Å². The third kappa shape index (κ3) is 6.16. The number of carbonyl (C=O) groups is 1. The number of benzene rings is 1. The predicted molar refractivity (Wildman–Crippen MR) is 166 cm³/mol. The van der Waals surface area contributed by atoms with E-state index >= 15 is 0 Å². The second-order valence-electron chi connectivity index (χ2n) is 12.5. The second-order valence-corrected chi connectivity index (χ2v) is 14.2. The van der Waals surface area contributed by atoms with Gasteiger partial charge in [0.2, 0.25) is 10.0 Å². The van der Waals surface area contributed by atoms with E-state index in [1.54, 1.807) is 7.11 Å². The molecule has 6 rings (SSSR count). The molecule has 3 atom stereocenters. The summed E-state index contributed by atoms with van der Waals surface area (Å²) in [7, 11) is -1.75. The van der Waals surface area contributed by atoms with Crippen LogP contribution in [0.2, 0.25) is 0 Å². The van der Waals surface area contributed by atoms with Crippen molar-refractivity contribution in [2.45, 2.75) is 63.5 Å². The van der Waals surface area contributed by atoms with Gasteiger partial charge in [-0.15, -0.1) is 0 Å². The van der Waals surface area contributed by atoms with Crippen molar-refractivity contribution in [3.8, 4) is 5.75 Å². The maximum absolute atomic E-state index is 14.0. The number of methoxy groups -OCH3 is 1. The fraction of sp³-hybridized carbons (Fsp3) is 0.531. The molecule has 3 unspecified atom stereocenters. The van der Waals surface area contributed by atoms with Crippen molar-refractivity contribution in [1.82, 2.24) is 24.5 Å². The van der Waals surface area contributed by atoms with Gasteiger partial charge in [0.05, 0.1) is 13.4 Å². The number of hydrogen-bond donors (Lipinski definition) is 3. The first-order chi connectivity index (χ1) is 20.2. The van der Waals surface area contributed by atoms with Crippen LogP contribution in [0.15, 0.2) is 36.5 Å². The maximum atomic E-state index is 14.0. The molecule has 0 saturated carbocycles. The van der Waals surface area contributed by atoms with Crippen molar-refractivity contribution in [1.29, 1.82) is 0 Å². The fourth-order valence-electron chi connectivity index (χ4n) is 7.39. The first-order valence-electron chi connectivity index (χ1n) is 15.2. The van der Waals surface area contributed by atoms with E-state index in [1.165, 1.54) is 23.1 Å². The molecule has 3 aliphatic rings. The molecule has 2 saturated heterocycles. The monoisotopic (exact) mass is 593 g/mol. The van der Waals surface area contributed by atoms with Crippen LogP contribution in [-0.2, 0) is 16.4 Å². The normalized spacial score (nSPS) is 22.8. The Morgan fingerprint density at radius 2 is 1.98 bits per heavy atom. The average Bonchev–Trinajstić information content (AvgIpc) is 3.60. The Hall–Kier alpha value is -3.08. The van der Waals surface area contributed by atoms with Gasteiger partial charge in [-0.05, 0) is 105 Å². The lowest BCUT2D eigenvalue weighted by Gasteiger charge is -2.44. The van der Waals surface area contributed by atoms with Gasteiger partial charge in [0.1, 0.15) is 11.4 Å². The summed E-state index contributed by atoms with van der Waals surface area (Å²) in [5.41, 5.74) is 5.68. The zero-order chi connectivity index (χ0) is 29.4. The number of nitrogens with zero attached hydrogens (tertiary/aromatic N) is 2. The molecule has 3 aromatic rings. The predicted octanol–water partition coefficient (Wildman–Crippen LogP) is 4.50. The molecule has 2 aromatic heterocycles. The number of aromatic amines is 2. The zero-order valence-electron chi connectivity index (χ0n) is 24.9. The van der Waals surface area contributed by atoms with Crippen LogP contribution in [0.1, 0.15) is 72.3 Å². The van der Waals surface area contributed by atoms with Crippen molar-refractivity contribution in [2.75, 3.05) is 39.5 Å². The lowest BCUT2D eigenvalue weighted by atomic mass is 9.85. The van der Waals surface area contributed by atoms with Gasteiger partial charge in [-0.1, -0.05) is 13.0 Å². The minimum Gasteiger partial charge on any atom is -0.497 e. The van der Waals surface area contributed by atoms with Gasteiger partial charge in [0.25, 0.3) is 5.91 Å². The lowest BCUT2D eigenvalue weighted by Crippen LogP contribution is -2.56. The minimum absolute atomic E-state index is 0.0252. The molecular weight excluding hydrogens is 550 g/mol. The van der Waals surface area contributed by atoms with Crippen molar-refractivity contribution >= 4 is 32.9 Å². The Kier molecular flexibility index (Phi) is 8.22. The molecule has 0 radical (unpaired) electrons. The Balaban J connectivity index is 1.15. The average molecular weight is 594 g/mol. The van der Waals surface area contributed by atoms with Gasteiger partial charge in [-0.3, -0.25) is 4.79 Å². The number of sulfonamides is 1. The standard InChI is InChI=1S/C32H43N5O4S/c1-21(19-36-14-12-22(13-15-36)27-18-33-29-7-5-4-6-26(27)29)31-11-8-24(35-42(3,39)40)20-37(31)32(38)30-17-23-16-25(41-2)9-10-28(23)34-30/h5,7,9-10,16-18,21-22,24,31,33-35H,4,6,8,11-15,19-20H2,1-3H3. The van der Waals surface area contributed by atoms with Gasteiger partial charge in [-0.2, -0.15) is 0 Å². The number of nitrogens with one attached hydrogen (secondary N) is 3. The van der Waals surface area contributed by atoms with Crippen LogP contribution in [-0.4, -0.2) is 85.7 Å². The van der Waals surface area contributed by atoms with Crippen molar-refractivity contribution in [2.24, 2.45) is 5.92 Å². The van der Waals surface area contributed by atoms with Gasteiger partial charge in [0.15, 0.2) is 0 Å². The van der Waals surface area contributed by atoms with E-state index < -0.39 is 10.0 Å². The van der Waals surface area contributed by atoms with Gasteiger partial charge >= 0.3 is 0 Å². The van der Waals surface area contributed by atoms with Crippen LogP contribution < -0.4 is 9.46 Å². The van der Waals surface area contributed by atoms with E-state index in [0.29, 0.717) is 24.6 Å². The Morgan fingerprint density at radius 1 is 1.17 bits per heavy atom. The summed E-state index contributed by atoms with van der Waals surface area (Å²) < 4.78 is 32.2. The molecule has 1 amide bonds. The molecule has 1 aliphatic carbocycles. The third-order valence-corrected chi connectivity index (χ3v) is 10.2. The molecule has 226 valence electrons. The van der Waals surface area contributed by atoms with Gasteiger partial charge in [-0.25, -0.2) is 13.1 Å². The molecule has 0 spiro atoms. The number of H-pyrrole nitrogens is 2. The largest absolute Gasteiger partial charge is 0.497 e. The highest BCUT2D eigenvalue weighted by Crippen LogP contribution is 2.35. The third-order valence-electron chi connectivity index (χ3n) is 9.46. The number of carbonyl (C=O) groups excluding carboxylic acids is 1. The molecule has 10 heteroatoms. The van der Waals surface area contributed by atoms with Crippen LogP contribution >= 0.6 is 0 Å². The maximum Gasteiger partial charge on any atom is 0.270 e. The van der Waals surface area contributed by atoms with Crippen LogP contribution in [0.25, 0.3) is 17.0 Å². The van der Waals surface area contributed by atoms with E-state index in [1.807, 2.05) is 29.2 Å². The molecule has 42 heavy (non-hydrogen) atoms. The molecular formula is C32H43N5O4S. The molecule has 9 nitrogen and oxygen atoms in total. The molecule has 3 N–H and O–H groups in total. The molecule has 0 bridgehead atoms. The quantitative estimate of drug-likeness (QED) is 0.356. The number of amides is 1. The Bertz CT molecular complexity index is 1570. The number of ether oxygens (including phenoxy) is 1. The van der Waals surface area contributed by atoms with Gasteiger partial charge in [0, 0.05) is 48.0 Å². The van der Waals surface area contributed by atoms with E-state index in [-0.39, 0.29) is 23.9 Å². The zero-order valence-corrected chi connectivity index (χ0v) is 25.7. The Morgan fingerprint density at radius 3 is 2.74 bits per heavy atom. The fourth-order valence-corrected chi connectivity index (χ4v) is 8.18. The lowest BCUT2D eigenvalue weighted by molar-refractivity contribution is 0.0420. The highest BCUT2D eigenvalue weighted by atomic mass is 32.2. The first-order valence-corrected chi connectivity index (χ1v) is 17.1. The van der Waals surface area contributed by atoms with Gasteiger partial charge < -0.3 is 24.5 Å². The summed E-state index contributed by atoms with van der Waals surface area (Å²) >= 11 is 0. The summed E-state index contributed by atoms with van der Waals surface area (Å²) in [5.74, 6) is 1.49. The van der Waals surface area contributed by atoms with Crippen molar-refractivity contribution in [3.05, 3.63) is 59.1 Å². The van der Waals surface area contributed by atoms with Crippen LogP contribution in [0.3, 0.4) is 0 Å². The SMILES string of the molecule is COc1ccc2[nH]c(C(=O)N3CC(NS(C)(=O)=O)CCC3C(C)CN3CCC(c4c[nH]c5c4CCC=C5)CC3)cc2c1. The number of rotatable bonds is 8. The Labute approximate surface area is 248 Å². The van der Waals surface area contributed by atoms with E-state index in [9.17, 15) is 13.2 Å². The van der Waals surface area contributed by atoms with Crippen molar-refractivity contribution in [3.63, 3.8) is 0 Å². The van der Waals surface area contributed by atoms with Crippen LogP contribution in [0.5, 0.6) is 5.75 Å². The highest BCUT2D eigenvalue weighted by Gasteiger charge is 2.37. The number of aromatic nitrogens is 2. The van der Waals surface area contributed by atoms with E-state index in [2.05, 4.69) is 44.9 Å².